The Balaban J connectivity index is 1.36. The van der Waals surface area contributed by atoms with E-state index in [1.54, 1.807) is 13.1 Å². The van der Waals surface area contributed by atoms with Gasteiger partial charge in [-0.2, -0.15) is 11.3 Å². The van der Waals surface area contributed by atoms with Gasteiger partial charge in [0.15, 0.2) is 0 Å². The van der Waals surface area contributed by atoms with E-state index in [0.29, 0.717) is 25.3 Å². The molecule has 6 rings (SSSR count). The standard InChI is InChI=1S/C27H26N6O2S/c1-16(34)13-18-3-2-4-21-20(18)14-22(30-21)23-24-25(28)29-8-11-33(24)26(31-23)17-5-9-32(10-6-17)27(35)19-7-12-36-15-19/h2-4,7-8,11-12,14-15,17,30H,5-6,9-10,13H2,1H3,(H2,28,29). The second-order valence-electron chi connectivity index (χ2n) is 9.37. The molecule has 9 heteroatoms. The van der Waals surface area contributed by atoms with Gasteiger partial charge in [-0.05, 0) is 48.9 Å². The van der Waals surface area contributed by atoms with Crippen molar-refractivity contribution in [2.45, 2.75) is 32.1 Å². The molecule has 0 spiro atoms. The van der Waals surface area contributed by atoms with E-state index in [1.165, 1.54) is 11.3 Å². The molecule has 0 atom stereocenters. The van der Waals surface area contributed by atoms with Gasteiger partial charge in [-0.3, -0.25) is 14.0 Å². The second-order valence-corrected chi connectivity index (χ2v) is 10.1. The number of carbonyl (C=O) groups is 2. The van der Waals surface area contributed by atoms with Gasteiger partial charge >= 0.3 is 0 Å². The zero-order valence-electron chi connectivity index (χ0n) is 19.9. The number of nitrogen functional groups attached to an aromatic ring is 1. The summed E-state index contributed by atoms with van der Waals surface area (Å²) in [4.78, 5) is 39.4. The number of nitrogens with two attached hydrogens (primary N) is 1. The lowest BCUT2D eigenvalue weighted by atomic mass is 9.95. The van der Waals surface area contributed by atoms with Gasteiger partial charge in [0.2, 0.25) is 0 Å². The van der Waals surface area contributed by atoms with Gasteiger partial charge in [-0.15, -0.1) is 0 Å². The molecule has 1 saturated heterocycles. The first-order valence-corrected chi connectivity index (χ1v) is 13.0. The lowest BCUT2D eigenvalue weighted by Gasteiger charge is -2.31. The maximum atomic E-state index is 12.8. The van der Waals surface area contributed by atoms with Crippen LogP contribution in [0, 0.1) is 0 Å². The number of aromatic amines is 1. The molecule has 0 aliphatic carbocycles. The number of rotatable bonds is 5. The Morgan fingerprint density at radius 3 is 2.81 bits per heavy atom. The molecule has 5 aromatic rings. The van der Waals surface area contributed by atoms with Gasteiger partial charge in [0.1, 0.15) is 28.6 Å². The number of anilines is 1. The summed E-state index contributed by atoms with van der Waals surface area (Å²) in [6.45, 7) is 2.98. The van der Waals surface area contributed by atoms with Crippen molar-refractivity contribution in [3.63, 3.8) is 0 Å². The first-order chi connectivity index (χ1) is 17.5. The van der Waals surface area contributed by atoms with E-state index in [-0.39, 0.29) is 17.6 Å². The molecule has 0 saturated carbocycles. The number of carbonyl (C=O) groups excluding carboxylic acids is 2. The van der Waals surface area contributed by atoms with E-state index < -0.39 is 0 Å². The number of aromatic nitrogens is 4. The molecule has 1 aromatic carbocycles. The van der Waals surface area contributed by atoms with Crippen molar-refractivity contribution in [1.82, 2.24) is 24.3 Å². The first kappa shape index (κ1) is 22.5. The predicted octanol–water partition coefficient (Wildman–Crippen LogP) is 4.67. The zero-order chi connectivity index (χ0) is 24.8. The Labute approximate surface area is 211 Å². The third kappa shape index (κ3) is 3.85. The van der Waals surface area contributed by atoms with E-state index in [9.17, 15) is 9.59 Å². The van der Waals surface area contributed by atoms with Gasteiger partial charge in [-0.1, -0.05) is 12.1 Å². The number of Topliss-reactive ketones (excluding diaryl/α,β-unsaturated/α-hetero) is 1. The van der Waals surface area contributed by atoms with Crippen molar-refractivity contribution in [3.05, 3.63) is 70.4 Å². The van der Waals surface area contributed by atoms with Crippen molar-refractivity contribution >= 4 is 45.3 Å². The molecule has 1 aliphatic heterocycles. The summed E-state index contributed by atoms with van der Waals surface area (Å²) in [5, 5.41) is 4.85. The number of likely N-dealkylation sites (tertiary alicyclic amines) is 1. The first-order valence-electron chi connectivity index (χ1n) is 12.0. The molecule has 0 radical (unpaired) electrons. The van der Waals surface area contributed by atoms with Crippen molar-refractivity contribution < 1.29 is 9.59 Å². The molecule has 182 valence electrons. The normalized spacial score (nSPS) is 14.6. The van der Waals surface area contributed by atoms with Crippen LogP contribution in [0.3, 0.4) is 0 Å². The number of hydrogen-bond donors (Lipinski definition) is 2. The molecule has 0 bridgehead atoms. The number of thiophene rings is 1. The van der Waals surface area contributed by atoms with Crippen LogP contribution in [0.4, 0.5) is 5.82 Å². The Hall–Kier alpha value is -3.98. The Morgan fingerprint density at radius 2 is 2.06 bits per heavy atom. The minimum absolute atomic E-state index is 0.0938. The number of nitrogens with one attached hydrogen (secondary N) is 1. The van der Waals surface area contributed by atoms with E-state index in [2.05, 4.69) is 9.97 Å². The van der Waals surface area contributed by atoms with Crippen LogP contribution in [-0.4, -0.2) is 49.0 Å². The van der Waals surface area contributed by atoms with Crippen LogP contribution in [0.15, 0.2) is 53.5 Å². The largest absolute Gasteiger partial charge is 0.382 e. The van der Waals surface area contributed by atoms with E-state index in [1.807, 2.05) is 56.6 Å². The van der Waals surface area contributed by atoms with Crippen molar-refractivity contribution in [3.8, 4) is 11.4 Å². The summed E-state index contributed by atoms with van der Waals surface area (Å²) in [6, 6.07) is 9.88. The highest BCUT2D eigenvalue weighted by molar-refractivity contribution is 7.08. The molecule has 4 aromatic heterocycles. The highest BCUT2D eigenvalue weighted by Crippen LogP contribution is 2.36. The lowest BCUT2D eigenvalue weighted by Crippen LogP contribution is -2.38. The van der Waals surface area contributed by atoms with Crippen LogP contribution in [0.25, 0.3) is 27.8 Å². The van der Waals surface area contributed by atoms with Gasteiger partial charge in [0, 0.05) is 54.1 Å². The summed E-state index contributed by atoms with van der Waals surface area (Å²) < 4.78 is 2.04. The van der Waals surface area contributed by atoms with Crippen LogP contribution < -0.4 is 5.73 Å². The van der Waals surface area contributed by atoms with Crippen LogP contribution >= 0.6 is 11.3 Å². The molecule has 0 unspecified atom stereocenters. The summed E-state index contributed by atoms with van der Waals surface area (Å²) in [6.07, 6.45) is 5.64. The van der Waals surface area contributed by atoms with Crippen LogP contribution in [0.1, 0.15) is 47.4 Å². The van der Waals surface area contributed by atoms with Gasteiger partial charge in [-0.25, -0.2) is 9.97 Å². The smallest absolute Gasteiger partial charge is 0.254 e. The predicted molar refractivity (Wildman–Crippen MR) is 141 cm³/mol. The molecule has 1 aliphatic rings. The Kier molecular flexibility index (Phi) is 5.56. The topological polar surface area (TPSA) is 109 Å². The second kappa shape index (κ2) is 8.91. The third-order valence-corrected chi connectivity index (χ3v) is 7.66. The maximum Gasteiger partial charge on any atom is 0.254 e. The van der Waals surface area contributed by atoms with Crippen molar-refractivity contribution in [2.75, 3.05) is 18.8 Å². The fourth-order valence-corrected chi connectivity index (χ4v) is 5.87. The van der Waals surface area contributed by atoms with Crippen LogP contribution in [0.5, 0.6) is 0 Å². The average molecular weight is 499 g/mol. The monoisotopic (exact) mass is 498 g/mol. The van der Waals surface area contributed by atoms with Crippen LogP contribution in [-0.2, 0) is 11.2 Å². The average Bonchev–Trinajstić information content (AvgIpc) is 3.62. The molecular weight excluding hydrogens is 472 g/mol. The SMILES string of the molecule is CC(=O)Cc1cccc2[nH]c(-c3nc(C4CCN(C(=O)c5ccsc5)CC4)n4ccnc(N)c34)cc12. The molecule has 1 amide bonds. The summed E-state index contributed by atoms with van der Waals surface area (Å²) in [7, 11) is 0. The lowest BCUT2D eigenvalue weighted by molar-refractivity contribution is -0.116. The number of ketones is 1. The van der Waals surface area contributed by atoms with Gasteiger partial charge < -0.3 is 15.6 Å². The Bertz CT molecular complexity index is 1590. The molecule has 1 fully saturated rings. The number of imidazole rings is 1. The minimum Gasteiger partial charge on any atom is -0.382 e. The number of fused-ring (bicyclic) bond motifs is 2. The molecule has 3 N–H and O–H groups in total. The number of amides is 1. The molecule has 36 heavy (non-hydrogen) atoms. The molecule has 5 heterocycles. The number of nitrogens with zero attached hydrogens (tertiary/aromatic N) is 4. The molecular formula is C27H26N6O2S. The van der Waals surface area contributed by atoms with Crippen molar-refractivity contribution in [2.24, 2.45) is 0 Å². The quantitative estimate of drug-likeness (QED) is 0.366. The summed E-state index contributed by atoms with van der Waals surface area (Å²) >= 11 is 1.54. The highest BCUT2D eigenvalue weighted by Gasteiger charge is 2.29. The highest BCUT2D eigenvalue weighted by atomic mass is 32.1. The Morgan fingerprint density at radius 1 is 1.22 bits per heavy atom. The summed E-state index contributed by atoms with van der Waals surface area (Å²) in [5.74, 6) is 1.75. The number of piperidine rings is 1. The van der Waals surface area contributed by atoms with Gasteiger partial charge in [0.05, 0.1) is 11.3 Å². The van der Waals surface area contributed by atoms with Gasteiger partial charge in [0.25, 0.3) is 5.91 Å². The number of benzene rings is 1. The van der Waals surface area contributed by atoms with E-state index in [4.69, 9.17) is 10.7 Å². The van der Waals surface area contributed by atoms with Crippen LogP contribution in [0.2, 0.25) is 0 Å². The maximum absolute atomic E-state index is 12.8. The fourth-order valence-electron chi connectivity index (χ4n) is 5.24. The number of H-pyrrole nitrogens is 1. The third-order valence-electron chi connectivity index (χ3n) is 6.97. The molecule has 8 nitrogen and oxygen atoms in total. The summed E-state index contributed by atoms with van der Waals surface area (Å²) in [5.41, 5.74) is 11.4. The fraction of sp³-hybridized carbons (Fsp3) is 0.259. The van der Waals surface area contributed by atoms with E-state index >= 15 is 0 Å². The van der Waals surface area contributed by atoms with E-state index in [0.717, 1.165) is 57.6 Å². The number of hydrogen-bond acceptors (Lipinski definition) is 6. The minimum atomic E-state index is 0.0938. The zero-order valence-corrected chi connectivity index (χ0v) is 20.7. The van der Waals surface area contributed by atoms with Crippen molar-refractivity contribution in [1.29, 1.82) is 0 Å².